The topological polar surface area (TPSA) is 79.4 Å². The second-order valence-electron chi connectivity index (χ2n) is 5.54. The van der Waals surface area contributed by atoms with Gasteiger partial charge in [-0.2, -0.15) is 10.2 Å². The minimum atomic E-state index is -0.418. The fourth-order valence-corrected chi connectivity index (χ4v) is 2.30. The molecule has 0 aliphatic heterocycles. The van der Waals surface area contributed by atoms with Crippen LogP contribution >= 0.6 is 0 Å². The van der Waals surface area contributed by atoms with Crippen LogP contribution in [0.4, 0.5) is 4.39 Å². The molecule has 0 saturated heterocycles. The van der Waals surface area contributed by atoms with Crippen molar-refractivity contribution in [1.29, 1.82) is 0 Å². The Morgan fingerprint density at radius 1 is 1.15 bits per heavy atom. The van der Waals surface area contributed by atoms with E-state index in [2.05, 4.69) is 20.7 Å². The van der Waals surface area contributed by atoms with E-state index in [9.17, 15) is 9.18 Å². The van der Waals surface area contributed by atoms with Gasteiger partial charge in [-0.25, -0.2) is 9.82 Å². The lowest BCUT2D eigenvalue weighted by Crippen LogP contribution is -2.19. The van der Waals surface area contributed by atoms with E-state index in [4.69, 9.17) is 4.74 Å². The number of rotatable bonds is 5. The molecule has 132 valence electrons. The van der Waals surface area contributed by atoms with Crippen molar-refractivity contribution in [2.75, 3.05) is 7.11 Å². The van der Waals surface area contributed by atoms with E-state index in [0.29, 0.717) is 11.4 Å². The van der Waals surface area contributed by atoms with Gasteiger partial charge in [0, 0.05) is 5.56 Å². The summed E-state index contributed by atoms with van der Waals surface area (Å²) < 4.78 is 18.1. The summed E-state index contributed by atoms with van der Waals surface area (Å²) in [6.07, 6.45) is 0. The van der Waals surface area contributed by atoms with Crippen LogP contribution in [0.25, 0.3) is 11.3 Å². The standard InChI is InChI=1S/C19H17FN4O2/c1-12(13-3-7-15(20)8-4-13)21-24-19(25)18-11-17(22-23-18)14-5-9-16(26-2)10-6-14/h3-11H,1-2H3,(H,22,23)(H,24,25). The predicted octanol–water partition coefficient (Wildman–Crippen LogP) is 3.38. The Labute approximate surface area is 149 Å². The lowest BCUT2D eigenvalue weighted by molar-refractivity contribution is 0.0950. The Bertz CT molecular complexity index is 931. The average Bonchev–Trinajstić information content (AvgIpc) is 3.17. The van der Waals surface area contributed by atoms with Crippen molar-refractivity contribution in [3.05, 3.63) is 71.7 Å². The number of carbonyl (C=O) groups excluding carboxylic acids is 1. The lowest BCUT2D eigenvalue weighted by atomic mass is 10.1. The number of ether oxygens (including phenoxy) is 1. The van der Waals surface area contributed by atoms with Crippen molar-refractivity contribution in [1.82, 2.24) is 15.6 Å². The second kappa shape index (κ2) is 7.60. The highest BCUT2D eigenvalue weighted by Crippen LogP contribution is 2.21. The van der Waals surface area contributed by atoms with E-state index >= 15 is 0 Å². The molecule has 0 radical (unpaired) electrons. The summed E-state index contributed by atoms with van der Waals surface area (Å²) in [6.45, 7) is 1.73. The molecule has 0 spiro atoms. The first-order valence-corrected chi connectivity index (χ1v) is 7.87. The Balaban J connectivity index is 1.69. The largest absolute Gasteiger partial charge is 0.497 e. The number of hydrogen-bond acceptors (Lipinski definition) is 4. The van der Waals surface area contributed by atoms with Crippen molar-refractivity contribution in [3.8, 4) is 17.0 Å². The normalized spacial score (nSPS) is 11.3. The van der Waals surface area contributed by atoms with Gasteiger partial charge in [0.1, 0.15) is 17.3 Å². The molecule has 26 heavy (non-hydrogen) atoms. The van der Waals surface area contributed by atoms with Gasteiger partial charge in [-0.05, 0) is 55.0 Å². The maximum Gasteiger partial charge on any atom is 0.289 e. The minimum absolute atomic E-state index is 0.284. The monoisotopic (exact) mass is 352 g/mol. The Morgan fingerprint density at radius 3 is 2.50 bits per heavy atom. The molecule has 1 aromatic heterocycles. The fraction of sp³-hybridized carbons (Fsp3) is 0.105. The number of hydrogen-bond donors (Lipinski definition) is 2. The molecule has 1 amide bonds. The average molecular weight is 352 g/mol. The summed E-state index contributed by atoms with van der Waals surface area (Å²) in [5, 5.41) is 10.9. The molecule has 0 aliphatic rings. The van der Waals surface area contributed by atoms with Crippen LogP contribution in [0.5, 0.6) is 5.75 Å². The molecule has 3 rings (SSSR count). The van der Waals surface area contributed by atoms with E-state index in [1.807, 2.05) is 24.3 Å². The van der Waals surface area contributed by atoms with Crippen molar-refractivity contribution in [2.45, 2.75) is 6.92 Å². The molecule has 0 fully saturated rings. The summed E-state index contributed by atoms with van der Waals surface area (Å²) in [7, 11) is 1.60. The number of nitrogens with one attached hydrogen (secondary N) is 2. The highest BCUT2D eigenvalue weighted by atomic mass is 19.1. The van der Waals surface area contributed by atoms with Gasteiger partial charge in [0.15, 0.2) is 0 Å². The highest BCUT2D eigenvalue weighted by Gasteiger charge is 2.11. The van der Waals surface area contributed by atoms with E-state index < -0.39 is 5.91 Å². The van der Waals surface area contributed by atoms with Gasteiger partial charge in [-0.15, -0.1) is 0 Å². The van der Waals surface area contributed by atoms with Gasteiger partial charge in [0.05, 0.1) is 18.5 Å². The summed E-state index contributed by atoms with van der Waals surface area (Å²) in [5.74, 6) is 0.000637. The van der Waals surface area contributed by atoms with Crippen molar-refractivity contribution in [3.63, 3.8) is 0 Å². The molecule has 0 saturated carbocycles. The van der Waals surface area contributed by atoms with Crippen molar-refractivity contribution >= 4 is 11.6 Å². The van der Waals surface area contributed by atoms with Crippen molar-refractivity contribution < 1.29 is 13.9 Å². The minimum Gasteiger partial charge on any atom is -0.497 e. The molecule has 0 aliphatic carbocycles. The Morgan fingerprint density at radius 2 is 1.85 bits per heavy atom. The Kier molecular flexibility index (Phi) is 5.07. The number of aromatic nitrogens is 2. The predicted molar refractivity (Wildman–Crippen MR) is 96.7 cm³/mol. The van der Waals surface area contributed by atoms with E-state index in [1.54, 1.807) is 32.2 Å². The van der Waals surface area contributed by atoms with Crippen LogP contribution in [0.15, 0.2) is 59.7 Å². The summed E-state index contributed by atoms with van der Waals surface area (Å²) in [5.41, 5.74) is 5.51. The first-order chi connectivity index (χ1) is 12.6. The van der Waals surface area contributed by atoms with Crippen molar-refractivity contribution in [2.24, 2.45) is 5.10 Å². The zero-order valence-electron chi connectivity index (χ0n) is 14.3. The molecule has 0 bridgehead atoms. The maximum atomic E-state index is 12.9. The third kappa shape index (κ3) is 3.94. The first kappa shape index (κ1) is 17.3. The second-order valence-corrected chi connectivity index (χ2v) is 5.54. The summed E-state index contributed by atoms with van der Waals surface area (Å²) in [4.78, 5) is 12.2. The first-order valence-electron chi connectivity index (χ1n) is 7.87. The van der Waals surface area contributed by atoms with E-state index in [-0.39, 0.29) is 11.5 Å². The molecule has 0 unspecified atom stereocenters. The molecule has 7 heteroatoms. The SMILES string of the molecule is COc1ccc(-c2cc(C(=O)NN=C(C)c3ccc(F)cc3)[nH]n2)cc1. The highest BCUT2D eigenvalue weighted by molar-refractivity contribution is 6.00. The molecule has 6 nitrogen and oxygen atoms in total. The zero-order valence-corrected chi connectivity index (χ0v) is 14.3. The number of hydrazone groups is 1. The van der Waals surface area contributed by atoms with Gasteiger partial charge >= 0.3 is 0 Å². The van der Waals surface area contributed by atoms with Gasteiger partial charge in [-0.1, -0.05) is 12.1 Å². The number of aromatic amines is 1. The third-order valence-electron chi connectivity index (χ3n) is 3.80. The number of methoxy groups -OCH3 is 1. The molecule has 0 atom stereocenters. The molecule has 1 heterocycles. The van der Waals surface area contributed by atoms with Crippen LogP contribution in [0.1, 0.15) is 23.0 Å². The van der Waals surface area contributed by atoms with Crippen LogP contribution in [0, 0.1) is 5.82 Å². The number of amides is 1. The number of nitrogens with zero attached hydrogens (tertiary/aromatic N) is 2. The van der Waals surface area contributed by atoms with Gasteiger partial charge in [-0.3, -0.25) is 9.89 Å². The third-order valence-corrected chi connectivity index (χ3v) is 3.80. The van der Waals surface area contributed by atoms with E-state index in [0.717, 1.165) is 16.9 Å². The van der Waals surface area contributed by atoms with Crippen LogP contribution in [0.3, 0.4) is 0 Å². The molecule has 3 aromatic rings. The number of benzene rings is 2. The van der Waals surface area contributed by atoms with E-state index in [1.165, 1.54) is 12.1 Å². The lowest BCUT2D eigenvalue weighted by Gasteiger charge is -2.01. The van der Waals surface area contributed by atoms with Crippen LogP contribution in [-0.4, -0.2) is 28.9 Å². The quantitative estimate of drug-likeness (QED) is 0.546. The number of H-pyrrole nitrogens is 1. The number of halogens is 1. The fourth-order valence-electron chi connectivity index (χ4n) is 2.30. The molecule has 2 N–H and O–H groups in total. The van der Waals surface area contributed by atoms with Gasteiger partial charge in [0.2, 0.25) is 0 Å². The van der Waals surface area contributed by atoms with Crippen LogP contribution < -0.4 is 10.2 Å². The molecular weight excluding hydrogens is 335 g/mol. The summed E-state index contributed by atoms with van der Waals surface area (Å²) >= 11 is 0. The number of carbonyl (C=O) groups is 1. The summed E-state index contributed by atoms with van der Waals surface area (Å²) in [6, 6.07) is 14.9. The zero-order chi connectivity index (χ0) is 18.5. The smallest absolute Gasteiger partial charge is 0.289 e. The van der Waals surface area contributed by atoms with Crippen LogP contribution in [0.2, 0.25) is 0 Å². The van der Waals surface area contributed by atoms with Gasteiger partial charge in [0.25, 0.3) is 5.91 Å². The maximum absolute atomic E-state index is 12.9. The molecule has 2 aromatic carbocycles. The van der Waals surface area contributed by atoms with Crippen LogP contribution in [-0.2, 0) is 0 Å². The Hall–Kier alpha value is -3.48. The van der Waals surface area contributed by atoms with Gasteiger partial charge < -0.3 is 4.74 Å². The molecular formula is C19H17FN4O2.